The number of hydrogen-bond donors (Lipinski definition) is 1. The van der Waals surface area contributed by atoms with Crippen molar-refractivity contribution in [2.45, 2.75) is 46.0 Å². The summed E-state index contributed by atoms with van der Waals surface area (Å²) in [5.74, 6) is -0.356. The molecule has 1 heterocycles. The van der Waals surface area contributed by atoms with Gasteiger partial charge in [-0.15, -0.1) is 11.3 Å². The summed E-state index contributed by atoms with van der Waals surface area (Å²) in [5.41, 5.74) is 0.798. The fraction of sp³-hybridized carbons (Fsp3) is 0.714. The topological polar surface area (TPSA) is 51.2 Å². The second-order valence-corrected chi connectivity index (χ2v) is 6.84. The predicted octanol–water partition coefficient (Wildman–Crippen LogP) is 3.62. The maximum Gasteiger partial charge on any atom is 0.357 e. The Labute approximate surface area is 118 Å². The summed E-state index contributed by atoms with van der Waals surface area (Å²) in [6.45, 7) is 5.17. The minimum atomic E-state index is -0.356. The van der Waals surface area contributed by atoms with E-state index in [1.165, 1.54) is 50.6 Å². The second kappa shape index (κ2) is 5.90. The van der Waals surface area contributed by atoms with Crippen molar-refractivity contribution in [3.63, 3.8) is 0 Å². The van der Waals surface area contributed by atoms with Crippen LogP contribution in [0.15, 0.2) is 0 Å². The van der Waals surface area contributed by atoms with Crippen molar-refractivity contribution in [1.29, 1.82) is 0 Å². The van der Waals surface area contributed by atoms with E-state index >= 15 is 0 Å². The van der Waals surface area contributed by atoms with Gasteiger partial charge in [0.05, 0.1) is 7.11 Å². The van der Waals surface area contributed by atoms with E-state index in [-0.39, 0.29) is 5.97 Å². The summed E-state index contributed by atoms with van der Waals surface area (Å²) in [5, 5.41) is 4.22. The van der Waals surface area contributed by atoms with Crippen LogP contribution in [0.5, 0.6) is 0 Å². The first-order valence-electron chi connectivity index (χ1n) is 6.84. The van der Waals surface area contributed by atoms with Crippen LogP contribution in [-0.2, 0) is 4.74 Å². The molecule has 1 fully saturated rings. The summed E-state index contributed by atoms with van der Waals surface area (Å²) < 4.78 is 4.72. The molecule has 0 aromatic carbocycles. The average Bonchev–Trinajstić information content (AvgIpc) is 2.78. The van der Waals surface area contributed by atoms with Crippen molar-refractivity contribution in [2.24, 2.45) is 5.41 Å². The van der Waals surface area contributed by atoms with E-state index in [2.05, 4.69) is 17.2 Å². The van der Waals surface area contributed by atoms with Gasteiger partial charge in [-0.1, -0.05) is 26.2 Å². The normalized spacial score (nSPS) is 18.1. The molecule has 0 unspecified atom stereocenters. The highest BCUT2D eigenvalue weighted by Gasteiger charge is 2.27. The number of methoxy groups -OCH3 is 1. The zero-order chi connectivity index (χ0) is 13.9. The number of aromatic nitrogens is 1. The highest BCUT2D eigenvalue weighted by Crippen LogP contribution is 2.36. The number of esters is 1. The van der Waals surface area contributed by atoms with Gasteiger partial charge in [0.1, 0.15) is 0 Å². The predicted molar refractivity (Wildman–Crippen MR) is 77.9 cm³/mol. The number of anilines is 1. The minimum Gasteiger partial charge on any atom is -0.464 e. The maximum absolute atomic E-state index is 11.5. The molecule has 1 saturated carbocycles. The molecule has 0 radical (unpaired) electrons. The molecule has 1 aliphatic carbocycles. The average molecular weight is 282 g/mol. The van der Waals surface area contributed by atoms with E-state index in [1.807, 2.05) is 6.92 Å². The van der Waals surface area contributed by atoms with Crippen molar-refractivity contribution in [3.8, 4) is 0 Å². The van der Waals surface area contributed by atoms with Crippen LogP contribution >= 0.6 is 11.3 Å². The molecule has 0 bridgehead atoms. The van der Waals surface area contributed by atoms with Gasteiger partial charge in [-0.3, -0.25) is 0 Å². The molecule has 4 nitrogen and oxygen atoms in total. The van der Waals surface area contributed by atoms with Crippen LogP contribution in [0.25, 0.3) is 0 Å². The zero-order valence-corrected chi connectivity index (χ0v) is 12.7. The van der Waals surface area contributed by atoms with E-state index in [9.17, 15) is 4.79 Å². The maximum atomic E-state index is 11.5. The van der Waals surface area contributed by atoms with Gasteiger partial charge in [-0.25, -0.2) is 9.78 Å². The molecule has 1 aromatic rings. The fourth-order valence-electron chi connectivity index (χ4n) is 2.63. The summed E-state index contributed by atoms with van der Waals surface area (Å²) in [6.07, 6.45) is 6.55. The number of rotatable bonds is 4. The summed E-state index contributed by atoms with van der Waals surface area (Å²) in [7, 11) is 1.39. The molecule has 0 spiro atoms. The molecule has 1 N–H and O–H groups in total. The molecule has 1 aliphatic rings. The summed E-state index contributed by atoms with van der Waals surface area (Å²) in [4.78, 5) is 16.7. The molecule has 0 saturated heterocycles. The van der Waals surface area contributed by atoms with Crippen LogP contribution in [-0.4, -0.2) is 24.6 Å². The number of hydrogen-bond acceptors (Lipinski definition) is 5. The lowest BCUT2D eigenvalue weighted by atomic mass is 9.76. The lowest BCUT2D eigenvalue weighted by Gasteiger charge is -2.33. The third-order valence-corrected chi connectivity index (χ3v) is 4.83. The first kappa shape index (κ1) is 14.3. The van der Waals surface area contributed by atoms with E-state index < -0.39 is 0 Å². The smallest absolute Gasteiger partial charge is 0.357 e. The second-order valence-electron chi connectivity index (χ2n) is 5.64. The Balaban J connectivity index is 1.98. The Morgan fingerprint density at radius 2 is 2.11 bits per heavy atom. The Kier molecular flexibility index (Phi) is 4.45. The van der Waals surface area contributed by atoms with Crippen molar-refractivity contribution >= 4 is 22.4 Å². The molecule has 106 valence electrons. The molecule has 0 atom stereocenters. The van der Waals surface area contributed by atoms with Crippen LogP contribution < -0.4 is 5.32 Å². The molecular weight excluding hydrogens is 260 g/mol. The van der Waals surface area contributed by atoms with Gasteiger partial charge < -0.3 is 10.1 Å². The number of carbonyl (C=O) groups excluding carboxylic acids is 1. The van der Waals surface area contributed by atoms with Gasteiger partial charge >= 0.3 is 5.97 Å². The molecule has 19 heavy (non-hydrogen) atoms. The lowest BCUT2D eigenvalue weighted by molar-refractivity contribution is 0.0594. The van der Waals surface area contributed by atoms with Crippen LogP contribution in [0.4, 0.5) is 5.13 Å². The van der Waals surface area contributed by atoms with Crippen molar-refractivity contribution in [1.82, 2.24) is 4.98 Å². The van der Waals surface area contributed by atoms with Gasteiger partial charge in [0.25, 0.3) is 0 Å². The Morgan fingerprint density at radius 3 is 2.74 bits per heavy atom. The van der Waals surface area contributed by atoms with Gasteiger partial charge in [0, 0.05) is 11.4 Å². The molecule has 2 rings (SSSR count). The minimum absolute atomic E-state index is 0.356. The molecule has 0 aliphatic heterocycles. The number of nitrogens with zero attached hydrogens (tertiary/aromatic N) is 1. The number of aryl methyl sites for hydroxylation is 1. The molecule has 0 amide bonds. The van der Waals surface area contributed by atoms with Gasteiger partial charge in [-0.2, -0.15) is 0 Å². The number of thiazole rings is 1. The van der Waals surface area contributed by atoms with Crippen molar-refractivity contribution < 1.29 is 9.53 Å². The fourth-order valence-corrected chi connectivity index (χ4v) is 3.43. The van der Waals surface area contributed by atoms with E-state index in [1.54, 1.807) is 0 Å². The molecule has 1 aromatic heterocycles. The quantitative estimate of drug-likeness (QED) is 0.857. The third kappa shape index (κ3) is 3.47. The van der Waals surface area contributed by atoms with Gasteiger partial charge in [0.15, 0.2) is 10.8 Å². The van der Waals surface area contributed by atoms with E-state index in [0.717, 1.165) is 16.6 Å². The van der Waals surface area contributed by atoms with Crippen molar-refractivity contribution in [3.05, 3.63) is 10.6 Å². The van der Waals surface area contributed by atoms with Crippen LogP contribution in [0.2, 0.25) is 0 Å². The Morgan fingerprint density at radius 1 is 1.42 bits per heavy atom. The molecule has 5 heteroatoms. The Hall–Kier alpha value is -1.10. The first-order chi connectivity index (χ1) is 9.04. The lowest BCUT2D eigenvalue weighted by Crippen LogP contribution is -2.28. The number of carbonyl (C=O) groups is 1. The Bertz CT molecular complexity index is 450. The van der Waals surface area contributed by atoms with Crippen LogP contribution in [0.1, 0.15) is 54.4 Å². The van der Waals surface area contributed by atoms with Crippen LogP contribution in [0.3, 0.4) is 0 Å². The highest BCUT2D eigenvalue weighted by atomic mass is 32.1. The highest BCUT2D eigenvalue weighted by molar-refractivity contribution is 7.15. The summed E-state index contributed by atoms with van der Waals surface area (Å²) in [6, 6.07) is 0. The summed E-state index contributed by atoms with van der Waals surface area (Å²) >= 11 is 1.52. The van der Waals surface area contributed by atoms with E-state index in [4.69, 9.17) is 4.74 Å². The standard InChI is InChI=1S/C14H22N2O2S/c1-10-11(12(17)18-3)16-13(19-10)15-9-14(2)7-5-4-6-8-14/h4-9H2,1-3H3,(H,15,16). The van der Waals surface area contributed by atoms with E-state index in [0.29, 0.717) is 11.1 Å². The largest absolute Gasteiger partial charge is 0.464 e. The van der Waals surface area contributed by atoms with Crippen molar-refractivity contribution in [2.75, 3.05) is 19.0 Å². The zero-order valence-electron chi connectivity index (χ0n) is 11.9. The number of nitrogens with one attached hydrogen (secondary N) is 1. The third-order valence-electron chi connectivity index (χ3n) is 3.90. The SMILES string of the molecule is COC(=O)c1nc(NCC2(C)CCCCC2)sc1C. The number of ether oxygens (including phenoxy) is 1. The molecular formula is C14H22N2O2S. The van der Waals surface area contributed by atoms with Gasteiger partial charge in [0.2, 0.25) is 0 Å². The van der Waals surface area contributed by atoms with Crippen LogP contribution in [0, 0.1) is 12.3 Å². The first-order valence-corrected chi connectivity index (χ1v) is 7.65. The van der Waals surface area contributed by atoms with Gasteiger partial charge in [-0.05, 0) is 25.2 Å². The monoisotopic (exact) mass is 282 g/mol.